The molecule has 1 heterocycles. The SMILES string of the molecule is C/C(C=N)=C(\C)c1cc(C)ccc1C.CC.CCCC.CCCC1CCNCC1. The van der Waals surface area contributed by atoms with Crippen LogP contribution in [0.5, 0.6) is 0 Å². The van der Waals surface area contributed by atoms with Crippen LogP contribution in [-0.2, 0) is 0 Å². The van der Waals surface area contributed by atoms with Crippen molar-refractivity contribution >= 4 is 11.8 Å². The van der Waals surface area contributed by atoms with Crippen molar-refractivity contribution in [2.45, 2.75) is 101 Å². The molecular formula is C27H50N2. The number of aryl methyl sites for hydroxylation is 2. The van der Waals surface area contributed by atoms with Gasteiger partial charge in [0.15, 0.2) is 0 Å². The van der Waals surface area contributed by atoms with Crippen LogP contribution in [0.1, 0.15) is 104 Å². The van der Waals surface area contributed by atoms with E-state index in [1.54, 1.807) is 0 Å². The first kappa shape index (κ1) is 29.8. The van der Waals surface area contributed by atoms with E-state index in [1.807, 2.05) is 20.8 Å². The van der Waals surface area contributed by atoms with Crippen molar-refractivity contribution in [3.8, 4) is 0 Å². The molecule has 0 aromatic heterocycles. The molecule has 168 valence electrons. The van der Waals surface area contributed by atoms with Gasteiger partial charge in [-0.25, -0.2) is 0 Å². The van der Waals surface area contributed by atoms with Crippen LogP contribution in [0.2, 0.25) is 0 Å². The molecule has 2 heteroatoms. The number of allylic oxidation sites excluding steroid dienone is 2. The van der Waals surface area contributed by atoms with Crippen LogP contribution < -0.4 is 5.32 Å². The predicted molar refractivity (Wildman–Crippen MR) is 135 cm³/mol. The molecule has 2 rings (SSSR count). The molecule has 0 bridgehead atoms. The summed E-state index contributed by atoms with van der Waals surface area (Å²) in [6, 6.07) is 6.43. The van der Waals surface area contributed by atoms with Gasteiger partial charge in [-0.2, -0.15) is 0 Å². The lowest BCUT2D eigenvalue weighted by molar-refractivity contribution is 0.351. The minimum atomic E-state index is 1.03. The van der Waals surface area contributed by atoms with Gasteiger partial charge in [0.1, 0.15) is 0 Å². The molecule has 2 N–H and O–H groups in total. The highest BCUT2D eigenvalue weighted by Crippen LogP contribution is 2.22. The summed E-state index contributed by atoms with van der Waals surface area (Å²) < 4.78 is 0. The molecule has 1 fully saturated rings. The van der Waals surface area contributed by atoms with E-state index in [2.05, 4.69) is 65.1 Å². The fraction of sp³-hybridized carbons (Fsp3) is 0.667. The number of hydrogen-bond donors (Lipinski definition) is 2. The van der Waals surface area contributed by atoms with Crippen molar-refractivity contribution in [2.24, 2.45) is 5.92 Å². The van der Waals surface area contributed by atoms with Crippen LogP contribution in [0.3, 0.4) is 0 Å². The zero-order valence-corrected chi connectivity index (χ0v) is 21.0. The number of piperidine rings is 1. The highest BCUT2D eigenvalue weighted by molar-refractivity contribution is 5.88. The second kappa shape index (κ2) is 19.9. The molecule has 0 unspecified atom stereocenters. The molecule has 0 atom stereocenters. The topological polar surface area (TPSA) is 35.9 Å². The number of benzene rings is 1. The Hall–Kier alpha value is -1.41. The highest BCUT2D eigenvalue weighted by Gasteiger charge is 2.10. The van der Waals surface area contributed by atoms with E-state index in [4.69, 9.17) is 5.41 Å². The summed E-state index contributed by atoms with van der Waals surface area (Å²) >= 11 is 0. The van der Waals surface area contributed by atoms with Gasteiger partial charge in [-0.15, -0.1) is 0 Å². The van der Waals surface area contributed by atoms with E-state index < -0.39 is 0 Å². The van der Waals surface area contributed by atoms with Crippen LogP contribution in [0.4, 0.5) is 0 Å². The third-order valence-corrected chi connectivity index (χ3v) is 5.26. The molecule has 1 aliphatic heterocycles. The molecule has 1 aromatic carbocycles. The number of unbranched alkanes of at least 4 members (excludes halogenated alkanes) is 1. The molecule has 1 aromatic rings. The van der Waals surface area contributed by atoms with Crippen LogP contribution in [-0.4, -0.2) is 19.3 Å². The third kappa shape index (κ3) is 14.3. The molecule has 0 amide bonds. The van der Waals surface area contributed by atoms with Crippen molar-refractivity contribution < 1.29 is 0 Å². The molecule has 0 saturated carbocycles. The van der Waals surface area contributed by atoms with Crippen LogP contribution in [0.15, 0.2) is 23.8 Å². The first-order chi connectivity index (χ1) is 13.9. The molecule has 2 nitrogen and oxygen atoms in total. The Labute approximate surface area is 183 Å². The van der Waals surface area contributed by atoms with Gasteiger partial charge in [0.05, 0.1) is 0 Å². The Balaban J connectivity index is 0. The number of rotatable bonds is 5. The van der Waals surface area contributed by atoms with Crippen LogP contribution in [0, 0.1) is 25.2 Å². The minimum absolute atomic E-state index is 1.03. The maximum atomic E-state index is 7.23. The first-order valence-electron chi connectivity index (χ1n) is 11.9. The van der Waals surface area contributed by atoms with Gasteiger partial charge >= 0.3 is 0 Å². The van der Waals surface area contributed by atoms with E-state index in [-0.39, 0.29) is 0 Å². The predicted octanol–water partition coefficient (Wildman–Crippen LogP) is 8.37. The molecular weight excluding hydrogens is 352 g/mol. The summed E-state index contributed by atoms with van der Waals surface area (Å²) in [5.74, 6) is 1.04. The van der Waals surface area contributed by atoms with Gasteiger partial charge in [-0.1, -0.05) is 84.1 Å². The summed E-state index contributed by atoms with van der Waals surface area (Å²) in [5.41, 5.74) is 6.02. The van der Waals surface area contributed by atoms with Crippen LogP contribution >= 0.6 is 0 Å². The molecule has 0 spiro atoms. The average molecular weight is 403 g/mol. The maximum absolute atomic E-state index is 7.23. The Morgan fingerprint density at radius 3 is 2.00 bits per heavy atom. The zero-order chi connectivity index (χ0) is 22.7. The second-order valence-corrected chi connectivity index (χ2v) is 7.75. The Morgan fingerprint density at radius 2 is 1.55 bits per heavy atom. The lowest BCUT2D eigenvalue weighted by atomic mass is 9.94. The Bertz CT molecular complexity index is 547. The van der Waals surface area contributed by atoms with E-state index in [0.29, 0.717) is 0 Å². The molecule has 1 aliphatic rings. The van der Waals surface area contributed by atoms with Gasteiger partial charge < -0.3 is 10.7 Å². The summed E-state index contributed by atoms with van der Waals surface area (Å²) in [6.45, 7) is 21.4. The average Bonchev–Trinajstić information content (AvgIpc) is 2.77. The smallest absolute Gasteiger partial charge is 0.0209 e. The zero-order valence-electron chi connectivity index (χ0n) is 21.0. The summed E-state index contributed by atoms with van der Waals surface area (Å²) in [5, 5.41) is 10.6. The quantitative estimate of drug-likeness (QED) is 0.477. The third-order valence-electron chi connectivity index (χ3n) is 5.26. The van der Waals surface area contributed by atoms with E-state index in [0.717, 1.165) is 11.5 Å². The summed E-state index contributed by atoms with van der Waals surface area (Å²) in [4.78, 5) is 0. The number of nitrogens with one attached hydrogen (secondary N) is 2. The second-order valence-electron chi connectivity index (χ2n) is 7.75. The summed E-state index contributed by atoms with van der Waals surface area (Å²) in [6.07, 6.45) is 9.69. The van der Waals surface area contributed by atoms with Gasteiger partial charge in [0, 0.05) is 6.21 Å². The van der Waals surface area contributed by atoms with Crippen molar-refractivity contribution in [3.05, 3.63) is 40.5 Å². The standard InChI is InChI=1S/C13H17N.C8H17N.C4H10.C2H6/c1-9-5-6-10(2)13(7-9)12(4)11(3)8-14;1-2-3-8-4-6-9-7-5-8;1-3-4-2;1-2/h5-8,14H,1-4H3;8-9H,2-7H2,1H3;3-4H2,1-2H3;1-2H3/b12-11-,14-8?;;;. The molecule has 1 saturated heterocycles. The van der Waals surface area contributed by atoms with Gasteiger partial charge in [0.25, 0.3) is 0 Å². The Morgan fingerprint density at radius 1 is 1.00 bits per heavy atom. The molecule has 0 radical (unpaired) electrons. The largest absolute Gasteiger partial charge is 0.317 e. The van der Waals surface area contributed by atoms with E-state index in [1.165, 1.54) is 80.1 Å². The highest BCUT2D eigenvalue weighted by atomic mass is 14.9. The van der Waals surface area contributed by atoms with Gasteiger partial charge in [0.2, 0.25) is 0 Å². The lowest BCUT2D eigenvalue weighted by Crippen LogP contribution is -2.27. The molecule has 0 aliphatic carbocycles. The van der Waals surface area contributed by atoms with Gasteiger partial charge in [-0.05, 0) is 81.8 Å². The molecule has 29 heavy (non-hydrogen) atoms. The van der Waals surface area contributed by atoms with Crippen molar-refractivity contribution in [2.75, 3.05) is 13.1 Å². The van der Waals surface area contributed by atoms with Crippen molar-refractivity contribution in [3.63, 3.8) is 0 Å². The first-order valence-corrected chi connectivity index (χ1v) is 11.9. The van der Waals surface area contributed by atoms with Crippen LogP contribution in [0.25, 0.3) is 5.57 Å². The monoisotopic (exact) mass is 402 g/mol. The minimum Gasteiger partial charge on any atom is -0.317 e. The summed E-state index contributed by atoms with van der Waals surface area (Å²) in [7, 11) is 0. The maximum Gasteiger partial charge on any atom is 0.0209 e. The fourth-order valence-corrected chi connectivity index (χ4v) is 3.04. The fourth-order valence-electron chi connectivity index (χ4n) is 3.04. The van der Waals surface area contributed by atoms with Crippen molar-refractivity contribution in [1.29, 1.82) is 5.41 Å². The van der Waals surface area contributed by atoms with Gasteiger partial charge in [-0.3, -0.25) is 0 Å². The lowest BCUT2D eigenvalue weighted by Gasteiger charge is -2.21. The van der Waals surface area contributed by atoms with Crippen molar-refractivity contribution in [1.82, 2.24) is 5.32 Å². The van der Waals surface area contributed by atoms with E-state index in [9.17, 15) is 0 Å². The normalized spacial score (nSPS) is 14.1. The Kier molecular flexibility index (Phi) is 20.4. The number of hydrogen-bond acceptors (Lipinski definition) is 2. The van der Waals surface area contributed by atoms with E-state index >= 15 is 0 Å².